The minimum Gasteiger partial charge on any atom is -0.394 e. The third-order valence-electron chi connectivity index (χ3n) is 7.82. The number of nitrogens with zero attached hydrogens (tertiary/aromatic N) is 1. The van der Waals surface area contributed by atoms with E-state index in [1.807, 2.05) is 6.07 Å². The van der Waals surface area contributed by atoms with Crippen molar-refractivity contribution in [3.63, 3.8) is 0 Å². The van der Waals surface area contributed by atoms with E-state index in [-0.39, 0.29) is 36.7 Å². The quantitative estimate of drug-likeness (QED) is 0.815. The Labute approximate surface area is 183 Å². The number of ether oxygens (including phenoxy) is 2. The zero-order chi connectivity index (χ0) is 20.9. The van der Waals surface area contributed by atoms with E-state index in [4.69, 9.17) is 9.47 Å². The smallest absolute Gasteiger partial charge is 0.123 e. The number of aliphatic hydroxyl groups excluding tert-OH is 1. The standard InChI is InChI=1S/C26H30FNO3/c27-19-6-5-17-9-16-3-1-2-4-22(16)24-12-20(31-26(24)23(17)11-19)14-28-8-7-25-18(13-28)10-21(15-29)30-25/h1-6,11,18,20-21,24-26,29H,7-10,12-15H2/t18?,20-,21?,24-,25?,26+/m1/s1. The summed E-state index contributed by atoms with van der Waals surface area (Å²) in [5, 5.41) is 9.44. The maximum Gasteiger partial charge on any atom is 0.123 e. The van der Waals surface area contributed by atoms with Crippen LogP contribution < -0.4 is 0 Å². The molecule has 1 aliphatic carbocycles. The lowest BCUT2D eigenvalue weighted by molar-refractivity contribution is -0.0301. The summed E-state index contributed by atoms with van der Waals surface area (Å²) < 4.78 is 26.8. The Morgan fingerprint density at radius 2 is 1.87 bits per heavy atom. The van der Waals surface area contributed by atoms with Gasteiger partial charge in [-0.1, -0.05) is 30.3 Å². The predicted molar refractivity (Wildman–Crippen MR) is 116 cm³/mol. The molecule has 0 bridgehead atoms. The topological polar surface area (TPSA) is 41.9 Å². The van der Waals surface area contributed by atoms with E-state index in [9.17, 15) is 9.50 Å². The number of rotatable bonds is 3. The largest absolute Gasteiger partial charge is 0.394 e. The van der Waals surface area contributed by atoms with E-state index in [1.165, 1.54) is 16.7 Å². The highest BCUT2D eigenvalue weighted by atomic mass is 19.1. The van der Waals surface area contributed by atoms with Crippen molar-refractivity contribution >= 4 is 0 Å². The lowest BCUT2D eigenvalue weighted by atomic mass is 9.87. The first-order valence-corrected chi connectivity index (χ1v) is 11.7. The van der Waals surface area contributed by atoms with Crippen LogP contribution >= 0.6 is 0 Å². The van der Waals surface area contributed by atoms with E-state index in [1.54, 1.807) is 12.1 Å². The van der Waals surface area contributed by atoms with Gasteiger partial charge in [0.1, 0.15) is 5.82 Å². The predicted octanol–water partition coefficient (Wildman–Crippen LogP) is 3.82. The van der Waals surface area contributed by atoms with Gasteiger partial charge >= 0.3 is 0 Å². The number of hydrogen-bond acceptors (Lipinski definition) is 4. The summed E-state index contributed by atoms with van der Waals surface area (Å²) in [4.78, 5) is 2.51. The van der Waals surface area contributed by atoms with Gasteiger partial charge in [0.15, 0.2) is 0 Å². The molecule has 0 aromatic heterocycles. The van der Waals surface area contributed by atoms with Gasteiger partial charge in [0.05, 0.1) is 31.0 Å². The van der Waals surface area contributed by atoms with Gasteiger partial charge < -0.3 is 19.5 Å². The van der Waals surface area contributed by atoms with Gasteiger partial charge in [0.25, 0.3) is 0 Å². The SMILES string of the molecule is OCC1CC2CN(C[C@H]3C[C@@H]4c5ccccc5Cc5ccc(F)cc5[C@@H]4O3)CCC2O1. The number of hydrogen-bond donors (Lipinski definition) is 1. The summed E-state index contributed by atoms with van der Waals surface area (Å²) in [5.41, 5.74) is 4.91. The zero-order valence-electron chi connectivity index (χ0n) is 17.8. The molecule has 0 saturated carbocycles. The van der Waals surface area contributed by atoms with Crippen molar-refractivity contribution in [1.82, 2.24) is 4.90 Å². The second kappa shape index (κ2) is 7.96. The molecule has 1 N–H and O–H groups in total. The molecular formula is C26H30FNO3. The van der Waals surface area contributed by atoms with Crippen molar-refractivity contribution in [3.8, 4) is 0 Å². The summed E-state index contributed by atoms with van der Waals surface area (Å²) in [6.07, 6.45) is 4.16. The van der Waals surface area contributed by atoms with Crippen LogP contribution in [0.25, 0.3) is 0 Å². The van der Waals surface area contributed by atoms with Crippen LogP contribution in [0.4, 0.5) is 4.39 Å². The number of fused-ring (bicyclic) bond motifs is 6. The van der Waals surface area contributed by atoms with Crippen molar-refractivity contribution in [2.75, 3.05) is 26.2 Å². The Morgan fingerprint density at radius 1 is 1.00 bits per heavy atom. The summed E-state index contributed by atoms with van der Waals surface area (Å²) in [6, 6.07) is 13.9. The highest BCUT2D eigenvalue weighted by molar-refractivity contribution is 5.45. The maximum absolute atomic E-state index is 14.2. The van der Waals surface area contributed by atoms with Crippen molar-refractivity contribution in [3.05, 3.63) is 70.5 Å². The van der Waals surface area contributed by atoms with Gasteiger partial charge in [-0.15, -0.1) is 0 Å². The summed E-state index contributed by atoms with van der Waals surface area (Å²) in [5.74, 6) is 0.598. The maximum atomic E-state index is 14.2. The Bertz CT molecular complexity index is 965. The summed E-state index contributed by atoms with van der Waals surface area (Å²) >= 11 is 0. The highest BCUT2D eigenvalue weighted by Crippen LogP contribution is 2.49. The minimum atomic E-state index is -0.183. The minimum absolute atomic E-state index is 0.00667. The molecule has 4 aliphatic rings. The molecule has 164 valence electrons. The van der Waals surface area contributed by atoms with E-state index >= 15 is 0 Å². The average molecular weight is 424 g/mol. The number of aliphatic hydroxyl groups is 1. The summed E-state index contributed by atoms with van der Waals surface area (Å²) in [7, 11) is 0. The summed E-state index contributed by atoms with van der Waals surface area (Å²) in [6.45, 7) is 3.05. The molecular weight excluding hydrogens is 393 g/mol. The van der Waals surface area contributed by atoms with Crippen molar-refractivity contribution < 1.29 is 19.0 Å². The molecule has 3 fully saturated rings. The van der Waals surface area contributed by atoms with Crippen LogP contribution in [-0.2, 0) is 15.9 Å². The Balaban J connectivity index is 1.23. The van der Waals surface area contributed by atoms with Gasteiger partial charge in [-0.25, -0.2) is 4.39 Å². The number of likely N-dealkylation sites (tertiary alicyclic amines) is 1. The highest BCUT2D eigenvalue weighted by Gasteiger charge is 2.43. The van der Waals surface area contributed by atoms with E-state index in [0.29, 0.717) is 12.0 Å². The van der Waals surface area contributed by atoms with Gasteiger partial charge in [0, 0.05) is 31.5 Å². The fraction of sp³-hybridized carbons (Fsp3) is 0.538. The fourth-order valence-electron chi connectivity index (χ4n) is 6.42. The second-order valence-electron chi connectivity index (χ2n) is 9.76. The molecule has 6 atom stereocenters. The zero-order valence-corrected chi connectivity index (χ0v) is 17.8. The van der Waals surface area contributed by atoms with Crippen LogP contribution in [0.5, 0.6) is 0 Å². The van der Waals surface area contributed by atoms with Gasteiger partial charge in [-0.2, -0.15) is 0 Å². The molecule has 3 aliphatic heterocycles. The fourth-order valence-corrected chi connectivity index (χ4v) is 6.42. The molecule has 6 rings (SSSR count). The lowest BCUT2D eigenvalue weighted by Gasteiger charge is -2.35. The molecule has 0 spiro atoms. The van der Waals surface area contributed by atoms with Gasteiger partial charge in [-0.05, 0) is 60.1 Å². The van der Waals surface area contributed by atoms with Crippen molar-refractivity contribution in [2.45, 2.75) is 56.0 Å². The van der Waals surface area contributed by atoms with E-state index < -0.39 is 0 Å². The average Bonchev–Trinajstić information content (AvgIpc) is 3.36. The Kier molecular flexibility index (Phi) is 5.10. The molecule has 2 aromatic rings. The molecule has 3 saturated heterocycles. The van der Waals surface area contributed by atoms with Gasteiger partial charge in [-0.3, -0.25) is 0 Å². The normalized spacial score (nSPS) is 34.5. The third-order valence-corrected chi connectivity index (χ3v) is 7.82. The monoisotopic (exact) mass is 423 g/mol. The van der Waals surface area contributed by atoms with Crippen LogP contribution in [0, 0.1) is 11.7 Å². The van der Waals surface area contributed by atoms with Crippen molar-refractivity contribution in [1.29, 1.82) is 0 Å². The molecule has 0 amide bonds. The number of piperidine rings is 1. The molecule has 3 unspecified atom stereocenters. The van der Waals surface area contributed by atoms with Crippen LogP contribution in [0.1, 0.15) is 53.5 Å². The molecule has 3 heterocycles. The first kappa shape index (κ1) is 19.9. The van der Waals surface area contributed by atoms with Crippen LogP contribution in [0.2, 0.25) is 0 Å². The van der Waals surface area contributed by atoms with Crippen LogP contribution in [0.3, 0.4) is 0 Å². The first-order valence-electron chi connectivity index (χ1n) is 11.7. The molecule has 4 nitrogen and oxygen atoms in total. The lowest BCUT2D eigenvalue weighted by Crippen LogP contribution is -2.44. The van der Waals surface area contributed by atoms with E-state index in [0.717, 1.165) is 50.9 Å². The van der Waals surface area contributed by atoms with Crippen LogP contribution in [-0.4, -0.2) is 54.6 Å². The van der Waals surface area contributed by atoms with E-state index in [2.05, 4.69) is 29.2 Å². The van der Waals surface area contributed by atoms with Crippen molar-refractivity contribution in [2.24, 2.45) is 5.92 Å². The molecule has 31 heavy (non-hydrogen) atoms. The third kappa shape index (κ3) is 3.62. The molecule has 2 aromatic carbocycles. The molecule has 5 heteroatoms. The molecule has 0 radical (unpaired) electrons. The number of benzene rings is 2. The second-order valence-corrected chi connectivity index (χ2v) is 9.76. The number of halogens is 1. The van der Waals surface area contributed by atoms with Gasteiger partial charge in [0.2, 0.25) is 0 Å². The first-order chi connectivity index (χ1) is 15.2. The van der Waals surface area contributed by atoms with Crippen LogP contribution in [0.15, 0.2) is 42.5 Å². The Morgan fingerprint density at radius 3 is 2.77 bits per heavy atom. The Hall–Kier alpha value is -1.79.